The van der Waals surface area contributed by atoms with E-state index in [9.17, 15) is 4.39 Å². The van der Waals surface area contributed by atoms with Gasteiger partial charge in [-0.15, -0.1) is 0 Å². The van der Waals surface area contributed by atoms with Gasteiger partial charge in [0.05, 0.1) is 5.70 Å². The molecule has 1 nitrogen and oxygen atoms in total. The van der Waals surface area contributed by atoms with Gasteiger partial charge in [-0.25, -0.2) is 4.39 Å². The van der Waals surface area contributed by atoms with Crippen LogP contribution in [0.1, 0.15) is 18.9 Å². The number of aliphatic imine (C=N–C) groups is 1. The van der Waals surface area contributed by atoms with Gasteiger partial charge in [-0.05, 0) is 30.2 Å². The second-order valence-corrected chi connectivity index (χ2v) is 3.49. The van der Waals surface area contributed by atoms with Gasteiger partial charge in [0.2, 0.25) is 0 Å². The predicted octanol–water partition coefficient (Wildman–Crippen LogP) is 4.44. The quantitative estimate of drug-likeness (QED) is 0.523. The van der Waals surface area contributed by atoms with Gasteiger partial charge in [0.15, 0.2) is 0 Å². The van der Waals surface area contributed by atoms with E-state index in [1.165, 1.54) is 12.2 Å². The lowest BCUT2D eigenvalue weighted by atomic mass is 10.2. The fourth-order valence-corrected chi connectivity index (χ4v) is 1.18. The van der Waals surface area contributed by atoms with Crippen molar-refractivity contribution in [3.05, 3.63) is 72.2 Å². The highest BCUT2D eigenvalue weighted by molar-refractivity contribution is 5.80. The van der Waals surface area contributed by atoms with Crippen molar-refractivity contribution in [1.82, 2.24) is 0 Å². The molecule has 0 aliphatic carbocycles. The Morgan fingerprint density at radius 3 is 2.65 bits per heavy atom. The lowest BCUT2D eigenvalue weighted by Crippen LogP contribution is -1.79. The second kappa shape index (κ2) is 7.34. The van der Waals surface area contributed by atoms with E-state index >= 15 is 0 Å². The van der Waals surface area contributed by atoms with Crippen LogP contribution in [-0.2, 0) is 0 Å². The van der Waals surface area contributed by atoms with Crippen molar-refractivity contribution in [3.8, 4) is 0 Å². The van der Waals surface area contributed by atoms with Crippen LogP contribution in [0.25, 0.3) is 0 Å². The van der Waals surface area contributed by atoms with E-state index in [1.54, 1.807) is 12.3 Å². The number of halogens is 1. The summed E-state index contributed by atoms with van der Waals surface area (Å²) in [6, 6.07) is 9.69. The van der Waals surface area contributed by atoms with Crippen LogP contribution < -0.4 is 0 Å². The first-order valence-electron chi connectivity index (χ1n) is 5.54. The Labute approximate surface area is 102 Å². The average Bonchev–Trinajstić information content (AvgIpc) is 2.35. The molecule has 0 saturated heterocycles. The minimum atomic E-state index is -0.261. The smallest absolute Gasteiger partial charge is 0.119 e. The first kappa shape index (κ1) is 13.1. The monoisotopic (exact) mass is 229 g/mol. The van der Waals surface area contributed by atoms with Crippen molar-refractivity contribution < 1.29 is 4.39 Å². The third-order valence-electron chi connectivity index (χ3n) is 2.01. The highest BCUT2D eigenvalue weighted by atomic mass is 19.1. The minimum Gasteiger partial charge on any atom is -0.257 e. The molecule has 0 aliphatic heterocycles. The summed E-state index contributed by atoms with van der Waals surface area (Å²) < 4.78 is 13.0. The largest absolute Gasteiger partial charge is 0.257 e. The van der Waals surface area contributed by atoms with Crippen LogP contribution in [0.3, 0.4) is 0 Å². The normalized spacial score (nSPS) is 12.5. The van der Waals surface area contributed by atoms with Crippen LogP contribution in [0.4, 0.5) is 4.39 Å². The van der Waals surface area contributed by atoms with Crippen LogP contribution >= 0.6 is 0 Å². The Morgan fingerprint density at radius 1 is 1.29 bits per heavy atom. The van der Waals surface area contributed by atoms with Crippen molar-refractivity contribution in [1.29, 1.82) is 0 Å². The van der Waals surface area contributed by atoms with Crippen molar-refractivity contribution in [2.75, 3.05) is 0 Å². The summed E-state index contributed by atoms with van der Waals surface area (Å²) in [5.74, 6) is -0.261. The van der Waals surface area contributed by atoms with E-state index in [0.717, 1.165) is 5.56 Å². The molecule has 88 valence electrons. The van der Waals surface area contributed by atoms with Crippen LogP contribution in [-0.4, -0.2) is 6.21 Å². The molecular weight excluding hydrogens is 213 g/mol. The molecule has 0 saturated carbocycles. The first-order valence-corrected chi connectivity index (χ1v) is 5.54. The van der Waals surface area contributed by atoms with Crippen molar-refractivity contribution in [2.24, 2.45) is 4.99 Å². The average molecular weight is 229 g/mol. The topological polar surface area (TPSA) is 12.4 Å². The summed E-state index contributed by atoms with van der Waals surface area (Å²) >= 11 is 0. The standard InChI is InChI=1S/C15H16FN/c1-3-7-15(16)11-10-13(2)17-12-14-8-5-4-6-9-14/h4-12H,2-3H2,1H3/b11-10-,15-7+,17-12?. The van der Waals surface area contributed by atoms with E-state index in [-0.39, 0.29) is 5.83 Å². The molecule has 0 fully saturated rings. The van der Waals surface area contributed by atoms with E-state index in [0.29, 0.717) is 12.1 Å². The molecule has 17 heavy (non-hydrogen) atoms. The van der Waals surface area contributed by atoms with E-state index < -0.39 is 0 Å². The van der Waals surface area contributed by atoms with Gasteiger partial charge in [-0.2, -0.15) is 0 Å². The van der Waals surface area contributed by atoms with Gasteiger partial charge in [-0.3, -0.25) is 4.99 Å². The maximum absolute atomic E-state index is 13.0. The van der Waals surface area contributed by atoms with Gasteiger partial charge in [-0.1, -0.05) is 43.8 Å². The summed E-state index contributed by atoms with van der Waals surface area (Å²) in [4.78, 5) is 4.13. The molecule has 0 bridgehead atoms. The van der Waals surface area contributed by atoms with Gasteiger partial charge in [0.25, 0.3) is 0 Å². The summed E-state index contributed by atoms with van der Waals surface area (Å²) in [6.45, 7) is 5.61. The van der Waals surface area contributed by atoms with E-state index in [4.69, 9.17) is 0 Å². The zero-order chi connectivity index (χ0) is 12.5. The van der Waals surface area contributed by atoms with Gasteiger partial charge >= 0.3 is 0 Å². The Bertz CT molecular complexity index is 441. The molecule has 1 rings (SSSR count). The lowest BCUT2D eigenvalue weighted by molar-refractivity contribution is 0.661. The zero-order valence-electron chi connectivity index (χ0n) is 9.94. The van der Waals surface area contributed by atoms with Crippen molar-refractivity contribution >= 4 is 6.21 Å². The molecule has 2 heteroatoms. The van der Waals surface area contributed by atoms with E-state index in [1.807, 2.05) is 37.3 Å². The molecule has 0 aromatic heterocycles. The molecule has 0 spiro atoms. The second-order valence-electron chi connectivity index (χ2n) is 3.49. The molecule has 0 unspecified atom stereocenters. The number of hydrogen-bond acceptors (Lipinski definition) is 1. The van der Waals surface area contributed by atoms with Crippen LogP contribution in [0, 0.1) is 0 Å². The van der Waals surface area contributed by atoms with Crippen LogP contribution in [0.2, 0.25) is 0 Å². The Hall–Kier alpha value is -1.96. The summed E-state index contributed by atoms with van der Waals surface area (Å²) in [6.07, 6.45) is 6.81. The highest BCUT2D eigenvalue weighted by Gasteiger charge is 1.87. The van der Waals surface area contributed by atoms with Crippen LogP contribution in [0.5, 0.6) is 0 Å². The van der Waals surface area contributed by atoms with Gasteiger partial charge < -0.3 is 0 Å². The molecule has 1 aromatic rings. The van der Waals surface area contributed by atoms with Crippen molar-refractivity contribution in [2.45, 2.75) is 13.3 Å². The maximum atomic E-state index is 13.0. The van der Waals surface area contributed by atoms with Crippen LogP contribution in [0.15, 0.2) is 71.7 Å². The van der Waals surface area contributed by atoms with E-state index in [2.05, 4.69) is 11.6 Å². The number of benzene rings is 1. The van der Waals surface area contributed by atoms with Crippen molar-refractivity contribution in [3.63, 3.8) is 0 Å². The maximum Gasteiger partial charge on any atom is 0.119 e. The Kier molecular flexibility index (Phi) is 5.66. The third-order valence-corrected chi connectivity index (χ3v) is 2.01. The molecule has 1 aromatic carbocycles. The number of rotatable bonds is 5. The molecule has 0 aliphatic rings. The fourth-order valence-electron chi connectivity index (χ4n) is 1.18. The summed E-state index contributed by atoms with van der Waals surface area (Å²) in [5.41, 5.74) is 1.51. The minimum absolute atomic E-state index is 0.261. The molecule has 0 heterocycles. The van der Waals surface area contributed by atoms with Gasteiger partial charge in [0, 0.05) is 6.21 Å². The number of hydrogen-bond donors (Lipinski definition) is 0. The molecule has 0 radical (unpaired) electrons. The number of nitrogens with zero attached hydrogens (tertiary/aromatic N) is 1. The third kappa shape index (κ3) is 5.61. The Balaban J connectivity index is 2.56. The predicted molar refractivity (Wildman–Crippen MR) is 71.8 cm³/mol. The highest BCUT2D eigenvalue weighted by Crippen LogP contribution is 2.04. The number of allylic oxidation sites excluding steroid dienone is 4. The SMILES string of the molecule is C=C(/C=C\C(F)=C/CC)N=Cc1ccccc1. The lowest BCUT2D eigenvalue weighted by Gasteiger charge is -1.92. The fraction of sp³-hybridized carbons (Fsp3) is 0.133. The Morgan fingerprint density at radius 2 is 2.00 bits per heavy atom. The summed E-state index contributed by atoms with van der Waals surface area (Å²) in [7, 11) is 0. The molecular formula is C15H16FN. The first-order chi connectivity index (χ1) is 8.22. The van der Waals surface area contributed by atoms with Gasteiger partial charge in [0.1, 0.15) is 5.83 Å². The molecule has 0 N–H and O–H groups in total. The molecule has 0 atom stereocenters. The zero-order valence-corrected chi connectivity index (χ0v) is 9.94. The summed E-state index contributed by atoms with van der Waals surface area (Å²) in [5, 5.41) is 0. The molecule has 0 amide bonds.